The van der Waals surface area contributed by atoms with Gasteiger partial charge in [0.1, 0.15) is 5.52 Å². The normalized spacial score (nSPS) is 18.0. The van der Waals surface area contributed by atoms with Crippen LogP contribution in [-0.2, 0) is 0 Å². The van der Waals surface area contributed by atoms with Crippen LogP contribution in [0.2, 0.25) is 0 Å². The summed E-state index contributed by atoms with van der Waals surface area (Å²) in [5.74, 6) is 1.02. The van der Waals surface area contributed by atoms with Crippen molar-refractivity contribution >= 4 is 17.0 Å². The van der Waals surface area contributed by atoms with E-state index in [2.05, 4.69) is 4.98 Å². The van der Waals surface area contributed by atoms with Crippen molar-refractivity contribution in [2.45, 2.75) is 25.7 Å². The minimum Gasteiger partial charge on any atom is -0.440 e. The van der Waals surface area contributed by atoms with Gasteiger partial charge in [-0.1, -0.05) is 30.3 Å². The SMILES string of the molecule is Cc1ccccc1C(=O)N1CCC[C@H](c2nc3ccccc3o2)C1. The Bertz CT molecular complexity index is 851. The molecule has 1 aliphatic heterocycles. The van der Waals surface area contributed by atoms with Crippen molar-refractivity contribution in [3.8, 4) is 0 Å². The monoisotopic (exact) mass is 320 g/mol. The van der Waals surface area contributed by atoms with Gasteiger partial charge in [-0.2, -0.15) is 0 Å². The molecule has 0 saturated carbocycles. The maximum absolute atomic E-state index is 12.8. The first-order valence-electron chi connectivity index (χ1n) is 8.43. The van der Waals surface area contributed by atoms with E-state index in [0.29, 0.717) is 6.54 Å². The fraction of sp³-hybridized carbons (Fsp3) is 0.300. The van der Waals surface area contributed by atoms with Crippen LogP contribution in [0.1, 0.15) is 40.6 Å². The number of benzene rings is 2. The number of piperidine rings is 1. The van der Waals surface area contributed by atoms with Gasteiger partial charge in [-0.15, -0.1) is 0 Å². The van der Waals surface area contributed by atoms with Gasteiger partial charge in [0.25, 0.3) is 5.91 Å². The van der Waals surface area contributed by atoms with Crippen LogP contribution in [0.3, 0.4) is 0 Å². The van der Waals surface area contributed by atoms with Gasteiger partial charge in [0.2, 0.25) is 0 Å². The molecule has 24 heavy (non-hydrogen) atoms. The Kier molecular flexibility index (Phi) is 3.81. The quantitative estimate of drug-likeness (QED) is 0.712. The van der Waals surface area contributed by atoms with E-state index in [9.17, 15) is 4.79 Å². The van der Waals surface area contributed by atoms with Gasteiger partial charge in [-0.25, -0.2) is 4.98 Å². The third kappa shape index (κ3) is 2.68. The summed E-state index contributed by atoms with van der Waals surface area (Å²) in [6, 6.07) is 15.6. The molecule has 1 atom stereocenters. The summed E-state index contributed by atoms with van der Waals surface area (Å²) >= 11 is 0. The highest BCUT2D eigenvalue weighted by atomic mass is 16.3. The number of carbonyl (C=O) groups excluding carboxylic acids is 1. The second-order valence-electron chi connectivity index (χ2n) is 6.43. The summed E-state index contributed by atoms with van der Waals surface area (Å²) in [6.07, 6.45) is 1.98. The first-order chi connectivity index (χ1) is 11.7. The third-order valence-corrected chi connectivity index (χ3v) is 4.74. The largest absolute Gasteiger partial charge is 0.440 e. The van der Waals surface area contributed by atoms with Crippen LogP contribution >= 0.6 is 0 Å². The molecule has 0 spiro atoms. The number of nitrogens with zero attached hydrogens (tertiary/aromatic N) is 2. The number of amides is 1. The highest BCUT2D eigenvalue weighted by molar-refractivity contribution is 5.95. The zero-order valence-electron chi connectivity index (χ0n) is 13.7. The van der Waals surface area contributed by atoms with E-state index in [-0.39, 0.29) is 11.8 Å². The van der Waals surface area contributed by atoms with Crippen molar-refractivity contribution < 1.29 is 9.21 Å². The van der Waals surface area contributed by atoms with Gasteiger partial charge in [-0.05, 0) is 43.5 Å². The molecule has 2 aromatic carbocycles. The molecule has 122 valence electrons. The minimum absolute atomic E-state index is 0.105. The molecular weight excluding hydrogens is 300 g/mol. The Labute approximate surface area is 141 Å². The van der Waals surface area contributed by atoms with E-state index in [0.717, 1.165) is 47.5 Å². The summed E-state index contributed by atoms with van der Waals surface area (Å²) < 4.78 is 5.92. The van der Waals surface area contributed by atoms with Crippen molar-refractivity contribution in [1.82, 2.24) is 9.88 Å². The van der Waals surface area contributed by atoms with Crippen LogP contribution in [0.5, 0.6) is 0 Å². The van der Waals surface area contributed by atoms with E-state index in [1.165, 1.54) is 0 Å². The number of likely N-dealkylation sites (tertiary alicyclic amines) is 1. The lowest BCUT2D eigenvalue weighted by Gasteiger charge is -2.31. The Morgan fingerprint density at radius 2 is 1.96 bits per heavy atom. The van der Waals surface area contributed by atoms with Crippen molar-refractivity contribution in [3.05, 3.63) is 65.5 Å². The molecule has 1 saturated heterocycles. The van der Waals surface area contributed by atoms with Crippen molar-refractivity contribution in [2.24, 2.45) is 0 Å². The number of para-hydroxylation sites is 2. The fourth-order valence-corrected chi connectivity index (χ4v) is 3.41. The van der Waals surface area contributed by atoms with Gasteiger partial charge in [0.15, 0.2) is 11.5 Å². The molecule has 0 aliphatic carbocycles. The summed E-state index contributed by atoms with van der Waals surface area (Å²) in [5, 5.41) is 0. The van der Waals surface area contributed by atoms with Gasteiger partial charge < -0.3 is 9.32 Å². The Balaban J connectivity index is 1.57. The topological polar surface area (TPSA) is 46.3 Å². The predicted octanol–water partition coefficient (Wildman–Crippen LogP) is 4.16. The fourth-order valence-electron chi connectivity index (χ4n) is 3.41. The number of hydrogen-bond acceptors (Lipinski definition) is 3. The molecule has 3 aromatic rings. The molecule has 1 amide bonds. The number of aromatic nitrogens is 1. The van der Waals surface area contributed by atoms with Crippen LogP contribution in [0.15, 0.2) is 52.9 Å². The number of carbonyl (C=O) groups is 1. The standard InChI is InChI=1S/C20H20N2O2/c1-14-7-2-3-9-16(14)20(23)22-12-6-8-15(13-22)19-21-17-10-4-5-11-18(17)24-19/h2-5,7,9-11,15H,6,8,12-13H2,1H3/t15-/m0/s1. The van der Waals surface area contributed by atoms with Crippen LogP contribution in [0.25, 0.3) is 11.1 Å². The number of hydrogen-bond donors (Lipinski definition) is 0. The molecule has 4 heteroatoms. The molecule has 0 radical (unpaired) electrons. The first kappa shape index (κ1) is 14.9. The van der Waals surface area contributed by atoms with Crippen LogP contribution in [0, 0.1) is 6.92 Å². The second kappa shape index (κ2) is 6.11. The molecule has 0 bridgehead atoms. The molecule has 0 N–H and O–H groups in total. The van der Waals surface area contributed by atoms with E-state index in [4.69, 9.17) is 4.42 Å². The van der Waals surface area contributed by atoms with Crippen LogP contribution in [-0.4, -0.2) is 28.9 Å². The van der Waals surface area contributed by atoms with E-state index in [1.54, 1.807) is 0 Å². The first-order valence-corrected chi connectivity index (χ1v) is 8.43. The number of aryl methyl sites for hydroxylation is 1. The lowest BCUT2D eigenvalue weighted by Crippen LogP contribution is -2.39. The number of oxazole rings is 1. The summed E-state index contributed by atoms with van der Waals surface area (Å²) in [7, 11) is 0. The summed E-state index contributed by atoms with van der Waals surface area (Å²) in [5.41, 5.74) is 3.51. The van der Waals surface area contributed by atoms with Crippen LogP contribution in [0.4, 0.5) is 0 Å². The Morgan fingerprint density at radius 3 is 2.79 bits per heavy atom. The zero-order chi connectivity index (χ0) is 16.5. The Hall–Kier alpha value is -2.62. The van der Waals surface area contributed by atoms with Gasteiger partial charge >= 0.3 is 0 Å². The molecule has 4 rings (SSSR count). The molecule has 2 heterocycles. The van der Waals surface area contributed by atoms with Gasteiger partial charge in [0.05, 0.1) is 5.92 Å². The van der Waals surface area contributed by atoms with Crippen LogP contribution < -0.4 is 0 Å². The number of rotatable bonds is 2. The highest BCUT2D eigenvalue weighted by Crippen LogP contribution is 2.29. The Morgan fingerprint density at radius 1 is 1.17 bits per heavy atom. The van der Waals surface area contributed by atoms with Crippen molar-refractivity contribution in [3.63, 3.8) is 0 Å². The lowest BCUT2D eigenvalue weighted by atomic mass is 9.96. The third-order valence-electron chi connectivity index (χ3n) is 4.74. The molecule has 1 fully saturated rings. The predicted molar refractivity (Wildman–Crippen MR) is 93.1 cm³/mol. The molecule has 0 unspecified atom stereocenters. The minimum atomic E-state index is 0.105. The van der Waals surface area contributed by atoms with E-state index >= 15 is 0 Å². The molecule has 1 aromatic heterocycles. The highest BCUT2D eigenvalue weighted by Gasteiger charge is 2.29. The molecule has 4 nitrogen and oxygen atoms in total. The summed E-state index contributed by atoms with van der Waals surface area (Å²) in [4.78, 5) is 19.4. The maximum atomic E-state index is 12.8. The summed E-state index contributed by atoms with van der Waals surface area (Å²) in [6.45, 7) is 3.44. The maximum Gasteiger partial charge on any atom is 0.254 e. The van der Waals surface area contributed by atoms with E-state index in [1.807, 2.05) is 60.4 Å². The smallest absolute Gasteiger partial charge is 0.254 e. The van der Waals surface area contributed by atoms with E-state index < -0.39 is 0 Å². The lowest BCUT2D eigenvalue weighted by molar-refractivity contribution is 0.0698. The average molecular weight is 320 g/mol. The van der Waals surface area contributed by atoms with Gasteiger partial charge in [0, 0.05) is 18.7 Å². The molecular formula is C20H20N2O2. The van der Waals surface area contributed by atoms with Gasteiger partial charge in [-0.3, -0.25) is 4.79 Å². The average Bonchev–Trinajstić information content (AvgIpc) is 3.06. The van der Waals surface area contributed by atoms with Crippen molar-refractivity contribution in [2.75, 3.05) is 13.1 Å². The molecule has 1 aliphatic rings. The number of fused-ring (bicyclic) bond motifs is 1. The van der Waals surface area contributed by atoms with Crippen molar-refractivity contribution in [1.29, 1.82) is 0 Å². The second-order valence-corrected chi connectivity index (χ2v) is 6.43. The zero-order valence-corrected chi connectivity index (χ0v) is 13.7.